The summed E-state index contributed by atoms with van der Waals surface area (Å²) in [5.41, 5.74) is 6.55. The predicted molar refractivity (Wildman–Crippen MR) is 110 cm³/mol. The van der Waals surface area contributed by atoms with Crippen molar-refractivity contribution in [1.82, 2.24) is 9.24 Å². The summed E-state index contributed by atoms with van der Waals surface area (Å²) in [6, 6.07) is 1.11. The largest absolute Gasteiger partial charge is 0.380 e. The van der Waals surface area contributed by atoms with Crippen molar-refractivity contribution in [3.8, 4) is 0 Å². The monoisotopic (exact) mass is 405 g/mol. The maximum Gasteiger partial charge on any atom is 0.350 e. The van der Waals surface area contributed by atoms with Crippen molar-refractivity contribution >= 4 is 16.6 Å². The van der Waals surface area contributed by atoms with Crippen LogP contribution in [-0.4, -0.2) is 41.6 Å². The second-order valence-electron chi connectivity index (χ2n) is 8.11. The van der Waals surface area contributed by atoms with Crippen LogP contribution in [0, 0.1) is 18.7 Å². The van der Waals surface area contributed by atoms with Gasteiger partial charge in [0.2, 0.25) is 0 Å². The van der Waals surface area contributed by atoms with Crippen LogP contribution in [-0.2, 0) is 4.74 Å². The van der Waals surface area contributed by atoms with E-state index in [1.165, 1.54) is 6.07 Å². The first-order valence-corrected chi connectivity index (χ1v) is 10.2. The zero-order chi connectivity index (χ0) is 20.9. The van der Waals surface area contributed by atoms with E-state index in [0.717, 1.165) is 19.3 Å². The van der Waals surface area contributed by atoms with Crippen molar-refractivity contribution in [1.29, 1.82) is 0 Å². The van der Waals surface area contributed by atoms with Gasteiger partial charge in [-0.05, 0) is 45.1 Å². The fourth-order valence-electron chi connectivity index (χ4n) is 4.45. The first-order valence-electron chi connectivity index (χ1n) is 10.2. The Labute approximate surface area is 167 Å². The lowest BCUT2D eigenvalue weighted by Crippen LogP contribution is -2.44. The van der Waals surface area contributed by atoms with Crippen LogP contribution < -0.4 is 27.7 Å². The molecule has 2 aliphatic rings. The number of anilines is 1. The minimum absolute atomic E-state index is 0.00310. The molecule has 0 amide bonds. The predicted octanol–water partition coefficient (Wildman–Crippen LogP) is 0.850. The molecule has 1 aromatic heterocycles. The van der Waals surface area contributed by atoms with Crippen LogP contribution in [0.2, 0.25) is 0 Å². The Kier molecular flexibility index (Phi) is 5.12. The topological polar surface area (TPSA) is 109 Å². The molecule has 1 aromatic carbocycles. The Bertz CT molecular complexity index is 1060. The highest BCUT2D eigenvalue weighted by atomic mass is 19.1. The minimum atomic E-state index is -0.673. The molecule has 0 bridgehead atoms. The lowest BCUT2D eigenvalue weighted by molar-refractivity contribution is 0.119. The average Bonchev–Trinajstić information content (AvgIpc) is 3.42. The van der Waals surface area contributed by atoms with Crippen LogP contribution in [0.25, 0.3) is 10.9 Å². The second kappa shape index (κ2) is 7.46. The van der Waals surface area contributed by atoms with Gasteiger partial charge in [0.1, 0.15) is 5.82 Å². The smallest absolute Gasteiger partial charge is 0.350 e. The van der Waals surface area contributed by atoms with Gasteiger partial charge < -0.3 is 21.2 Å². The number of rotatable bonds is 6. The first-order chi connectivity index (χ1) is 13.8. The van der Waals surface area contributed by atoms with E-state index < -0.39 is 17.1 Å². The Morgan fingerprint density at radius 1 is 1.31 bits per heavy atom. The van der Waals surface area contributed by atoms with Gasteiger partial charge in [0.15, 0.2) is 0 Å². The Balaban J connectivity index is 1.79. The zero-order valence-electron chi connectivity index (χ0n) is 16.9. The van der Waals surface area contributed by atoms with Gasteiger partial charge in [-0.1, -0.05) is 0 Å². The standard InChI is InChI=1S/C20H28FN5O3/c1-3-29-10-16(22)12-6-7-24(9-12)18-11(2)17-14(8-15(18)21)19(27)26(23)20(28)25(17)13-4-5-13/h8,12-13,16H,3-7,9-10,22-23H2,1-2H3/t12-,16-/m1/s1. The fraction of sp³-hybridized carbons (Fsp3) is 0.600. The van der Waals surface area contributed by atoms with Gasteiger partial charge in [0.25, 0.3) is 5.56 Å². The normalized spacial score (nSPS) is 20.6. The number of aromatic nitrogens is 2. The second-order valence-corrected chi connectivity index (χ2v) is 8.11. The highest BCUT2D eigenvalue weighted by molar-refractivity contribution is 5.87. The van der Waals surface area contributed by atoms with E-state index in [2.05, 4.69) is 0 Å². The number of halogens is 1. The molecule has 8 nitrogen and oxygen atoms in total. The Morgan fingerprint density at radius 3 is 2.69 bits per heavy atom. The van der Waals surface area contributed by atoms with Crippen molar-refractivity contribution in [2.75, 3.05) is 37.0 Å². The molecule has 2 aromatic rings. The van der Waals surface area contributed by atoms with Crippen LogP contribution >= 0.6 is 0 Å². The molecule has 2 heterocycles. The lowest BCUT2D eigenvalue weighted by atomic mass is 10.0. The molecule has 4 N–H and O–H groups in total. The molecule has 4 rings (SSSR count). The summed E-state index contributed by atoms with van der Waals surface area (Å²) < 4.78 is 22.7. The van der Waals surface area contributed by atoms with E-state index in [1.54, 1.807) is 11.5 Å². The third-order valence-corrected chi connectivity index (χ3v) is 6.14. The Hall–Kier alpha value is -2.39. The van der Waals surface area contributed by atoms with Gasteiger partial charge in [0.05, 0.1) is 23.2 Å². The number of ether oxygens (including phenoxy) is 1. The van der Waals surface area contributed by atoms with E-state index in [-0.39, 0.29) is 23.4 Å². The average molecular weight is 405 g/mol. The molecule has 0 unspecified atom stereocenters. The van der Waals surface area contributed by atoms with Gasteiger partial charge in [0, 0.05) is 37.3 Å². The zero-order valence-corrected chi connectivity index (χ0v) is 16.9. The van der Waals surface area contributed by atoms with Crippen LogP contribution in [0.15, 0.2) is 15.7 Å². The summed E-state index contributed by atoms with van der Waals surface area (Å²) in [6.45, 7) is 6.06. The molecule has 2 fully saturated rings. The van der Waals surface area contributed by atoms with Crippen molar-refractivity contribution in [2.45, 2.75) is 45.2 Å². The molecule has 1 saturated carbocycles. The van der Waals surface area contributed by atoms with E-state index in [1.807, 2.05) is 11.8 Å². The third-order valence-electron chi connectivity index (χ3n) is 6.14. The molecule has 158 valence electrons. The van der Waals surface area contributed by atoms with E-state index in [0.29, 0.717) is 47.7 Å². The van der Waals surface area contributed by atoms with Crippen molar-refractivity contribution in [2.24, 2.45) is 11.7 Å². The molecular weight excluding hydrogens is 377 g/mol. The molecule has 1 aliphatic heterocycles. The van der Waals surface area contributed by atoms with Crippen LogP contribution in [0.1, 0.15) is 37.8 Å². The minimum Gasteiger partial charge on any atom is -0.380 e. The number of benzene rings is 1. The molecule has 1 aliphatic carbocycles. The van der Waals surface area contributed by atoms with Crippen molar-refractivity contribution in [3.63, 3.8) is 0 Å². The van der Waals surface area contributed by atoms with Gasteiger partial charge in [-0.25, -0.2) is 9.18 Å². The maximum atomic E-state index is 15.1. The highest BCUT2D eigenvalue weighted by Crippen LogP contribution is 2.39. The molecule has 9 heteroatoms. The molecule has 0 radical (unpaired) electrons. The molecule has 0 spiro atoms. The first kappa shape index (κ1) is 19.9. The summed E-state index contributed by atoms with van der Waals surface area (Å²) in [7, 11) is 0. The number of nitrogens with two attached hydrogens (primary N) is 2. The highest BCUT2D eigenvalue weighted by Gasteiger charge is 2.33. The summed E-state index contributed by atoms with van der Waals surface area (Å²) in [5, 5.41) is 0.140. The van der Waals surface area contributed by atoms with Crippen molar-refractivity contribution in [3.05, 3.63) is 38.3 Å². The van der Waals surface area contributed by atoms with Gasteiger partial charge in [-0.3, -0.25) is 9.36 Å². The summed E-state index contributed by atoms with van der Waals surface area (Å²) in [6.07, 6.45) is 2.53. The van der Waals surface area contributed by atoms with E-state index >= 15 is 4.39 Å². The number of fused-ring (bicyclic) bond motifs is 1. The van der Waals surface area contributed by atoms with Crippen LogP contribution in [0.3, 0.4) is 0 Å². The van der Waals surface area contributed by atoms with Gasteiger partial charge >= 0.3 is 5.69 Å². The maximum absolute atomic E-state index is 15.1. The van der Waals surface area contributed by atoms with Gasteiger partial charge in [-0.15, -0.1) is 0 Å². The summed E-state index contributed by atoms with van der Waals surface area (Å²) >= 11 is 0. The number of nitrogens with zero attached hydrogens (tertiary/aromatic N) is 3. The number of hydrogen-bond donors (Lipinski definition) is 2. The Morgan fingerprint density at radius 2 is 2.03 bits per heavy atom. The number of hydrogen-bond acceptors (Lipinski definition) is 6. The number of aryl methyl sites for hydroxylation is 1. The molecule has 29 heavy (non-hydrogen) atoms. The summed E-state index contributed by atoms with van der Waals surface area (Å²) in [4.78, 5) is 27.2. The SMILES string of the molecule is CCOC[C@@H](N)[C@@H]1CCN(c2c(F)cc3c(=O)n(N)c(=O)n(C4CC4)c3c2C)C1. The quantitative estimate of drug-likeness (QED) is 0.690. The molecule has 2 atom stereocenters. The lowest BCUT2D eigenvalue weighted by Gasteiger charge is -2.25. The molecule has 1 saturated heterocycles. The van der Waals surface area contributed by atoms with Crippen LogP contribution in [0.5, 0.6) is 0 Å². The van der Waals surface area contributed by atoms with E-state index in [9.17, 15) is 9.59 Å². The van der Waals surface area contributed by atoms with E-state index in [4.69, 9.17) is 16.3 Å². The van der Waals surface area contributed by atoms with Crippen LogP contribution in [0.4, 0.5) is 10.1 Å². The van der Waals surface area contributed by atoms with Crippen molar-refractivity contribution < 1.29 is 9.13 Å². The number of nitrogen functional groups attached to an aromatic ring is 1. The third kappa shape index (κ3) is 3.32. The molecular formula is C20H28FN5O3. The van der Waals surface area contributed by atoms with Gasteiger partial charge in [-0.2, -0.15) is 4.68 Å². The fourth-order valence-corrected chi connectivity index (χ4v) is 4.45. The summed E-state index contributed by atoms with van der Waals surface area (Å²) in [5.74, 6) is 5.39.